The normalized spacial score (nSPS) is 10.2. The molecule has 0 aromatic rings. The highest BCUT2D eigenvalue weighted by Gasteiger charge is 2.29. The van der Waals surface area contributed by atoms with Gasteiger partial charge in [-0.05, 0) is 26.9 Å². The summed E-state index contributed by atoms with van der Waals surface area (Å²) in [5.41, 5.74) is 0.648. The van der Waals surface area contributed by atoms with Crippen LogP contribution in [0.2, 0.25) is 13.1 Å². The Hall–Kier alpha value is -2.70. The Balaban J connectivity index is -0.000000541. The number of nitrogens with zero attached hydrogens (tertiary/aromatic N) is 1. The highest BCUT2D eigenvalue weighted by molar-refractivity contribution is 6.66. The fourth-order valence-electron chi connectivity index (χ4n) is 1.55. The fourth-order valence-corrected chi connectivity index (χ4v) is 3.25. The number of carbonyl (C=O) groups excluding carboxylic acids is 4. The van der Waals surface area contributed by atoms with Crippen molar-refractivity contribution in [1.29, 1.82) is 0 Å². The van der Waals surface area contributed by atoms with E-state index < -0.39 is 35.2 Å². The largest absolute Gasteiger partial charge is 0.460 e. The minimum absolute atomic E-state index is 0.0115. The number of esters is 2. The molecule has 0 aromatic heterocycles. The monoisotopic (exact) mass is 582 g/mol. The second kappa shape index (κ2) is 23.4. The maximum absolute atomic E-state index is 11.3. The van der Waals surface area contributed by atoms with Gasteiger partial charge in [-0.25, -0.2) is 24.2 Å². The molecule has 0 bridgehead atoms. The predicted molar refractivity (Wildman–Crippen MR) is 142 cm³/mol. The lowest BCUT2D eigenvalue weighted by molar-refractivity contribution is -0.140. The van der Waals surface area contributed by atoms with E-state index in [9.17, 15) is 19.2 Å². The molecule has 0 radical (unpaired) electrons. The van der Waals surface area contributed by atoms with Crippen LogP contribution >= 0.6 is 0 Å². The molecule has 0 rings (SSSR count). The van der Waals surface area contributed by atoms with Gasteiger partial charge in [0, 0.05) is 39.6 Å². The molecule has 2 N–H and O–H groups in total. The van der Waals surface area contributed by atoms with Crippen molar-refractivity contribution in [1.82, 2.24) is 5.32 Å². The van der Waals surface area contributed by atoms with Crippen LogP contribution in [0.1, 0.15) is 13.8 Å². The number of aliphatic hydroxyl groups excluding tert-OH is 1. The number of amides is 1. The number of rotatable bonds is 15. The number of ether oxygens (including phenoxy) is 3. The van der Waals surface area contributed by atoms with Crippen molar-refractivity contribution < 1.29 is 56.2 Å². The van der Waals surface area contributed by atoms with E-state index in [-0.39, 0.29) is 32.6 Å². The fraction of sp³-hybridized carbons (Fsp3) is 0.636. The molecule has 220 valence electrons. The van der Waals surface area contributed by atoms with E-state index >= 15 is 0 Å². The Labute approximate surface area is 226 Å². The Morgan fingerprint density at radius 2 is 1.24 bits per heavy atom. The molecule has 0 fully saturated rings. The van der Waals surface area contributed by atoms with E-state index in [0.717, 1.165) is 0 Å². The van der Waals surface area contributed by atoms with Gasteiger partial charge in [0.25, 0.3) is 0 Å². The quantitative estimate of drug-likeness (QED) is 0.0534. The lowest BCUT2D eigenvalue weighted by Gasteiger charge is -2.22. The highest BCUT2D eigenvalue weighted by atomic mass is 28.4. The molecule has 0 aliphatic heterocycles. The smallest absolute Gasteiger partial charge is 0.407 e. The first-order chi connectivity index (χ1) is 17.7. The molecular weight excluding hydrogens is 540 g/mol. The lowest BCUT2D eigenvalue weighted by atomic mass is 10.4. The zero-order valence-electron chi connectivity index (χ0n) is 23.5. The topological polar surface area (TPSA) is 178 Å². The van der Waals surface area contributed by atoms with Gasteiger partial charge in [-0.15, -0.1) is 0 Å². The van der Waals surface area contributed by atoms with Crippen molar-refractivity contribution in [3.05, 3.63) is 24.3 Å². The standard InChI is InChI=1S/C11H21NO6Si.C6H10O3.C5H11NO3Si/c1-9(2)10(13)17-6-7-18-11(14)12-8-19(5,15-3)16-4;1-5(2)6(8)9-4-3-7;1-8-10(3,9-2)5-6-4-7/h1,6-8H2,2-5H3,(H,12,14);7H,1,3-4H2,2H3;5H2,1-3H3. The van der Waals surface area contributed by atoms with Crippen LogP contribution in [0.3, 0.4) is 0 Å². The molecule has 0 atom stereocenters. The molecule has 0 unspecified atom stereocenters. The summed E-state index contributed by atoms with van der Waals surface area (Å²) in [5.74, 6) is -0.966. The van der Waals surface area contributed by atoms with Crippen LogP contribution in [0.4, 0.5) is 4.79 Å². The summed E-state index contributed by atoms with van der Waals surface area (Å²) in [5, 5.41) is 10.7. The molecule has 0 spiro atoms. The molecule has 38 heavy (non-hydrogen) atoms. The Morgan fingerprint density at radius 3 is 1.61 bits per heavy atom. The third-order valence-corrected chi connectivity index (χ3v) is 9.29. The molecule has 0 saturated carbocycles. The molecule has 0 saturated heterocycles. The summed E-state index contributed by atoms with van der Waals surface area (Å²) in [6.45, 7) is 13.4. The first-order valence-corrected chi connectivity index (χ1v) is 16.2. The van der Waals surface area contributed by atoms with Crippen LogP contribution in [0, 0.1) is 0 Å². The number of aliphatic hydroxyl groups is 1. The van der Waals surface area contributed by atoms with Gasteiger partial charge < -0.3 is 42.3 Å². The molecule has 1 amide bonds. The second-order valence-corrected chi connectivity index (χ2v) is 14.4. The second-order valence-electron chi connectivity index (χ2n) is 7.54. The van der Waals surface area contributed by atoms with Crippen LogP contribution in [-0.4, -0.2) is 114 Å². The number of alkyl carbamates (subject to hydrolysis) is 1. The minimum atomic E-state index is -2.35. The van der Waals surface area contributed by atoms with Crippen molar-refractivity contribution in [2.45, 2.75) is 26.9 Å². The van der Waals surface area contributed by atoms with Crippen LogP contribution in [0.15, 0.2) is 29.3 Å². The molecule has 0 heterocycles. The third-order valence-electron chi connectivity index (χ3n) is 4.28. The van der Waals surface area contributed by atoms with Crippen LogP contribution in [-0.2, 0) is 46.3 Å². The van der Waals surface area contributed by atoms with Gasteiger partial charge >= 0.3 is 35.2 Å². The van der Waals surface area contributed by atoms with E-state index in [1.165, 1.54) is 27.2 Å². The summed E-state index contributed by atoms with van der Waals surface area (Å²) in [7, 11) is 1.66. The highest BCUT2D eigenvalue weighted by Crippen LogP contribution is 2.03. The predicted octanol–water partition coefficient (Wildman–Crippen LogP) is 1.06. The maximum atomic E-state index is 11.3. The molecule has 0 aliphatic rings. The van der Waals surface area contributed by atoms with Crippen molar-refractivity contribution in [2.24, 2.45) is 4.99 Å². The zero-order valence-corrected chi connectivity index (χ0v) is 25.5. The summed E-state index contributed by atoms with van der Waals surface area (Å²) in [6, 6.07) is 0. The Kier molecular flexibility index (Phi) is 24.5. The van der Waals surface area contributed by atoms with Gasteiger partial charge in [0.05, 0.1) is 18.9 Å². The average Bonchev–Trinajstić information content (AvgIpc) is 2.91. The average molecular weight is 583 g/mol. The van der Waals surface area contributed by atoms with E-state index in [2.05, 4.69) is 28.2 Å². The Bertz CT molecular complexity index is 780. The van der Waals surface area contributed by atoms with Gasteiger partial charge in [-0.2, -0.15) is 0 Å². The summed E-state index contributed by atoms with van der Waals surface area (Å²) < 4.78 is 34.5. The maximum Gasteiger partial charge on any atom is 0.407 e. The molecule has 0 aromatic carbocycles. The van der Waals surface area contributed by atoms with Crippen LogP contribution < -0.4 is 5.32 Å². The minimum Gasteiger partial charge on any atom is -0.460 e. The number of carbonyl (C=O) groups is 3. The molecule has 16 heteroatoms. The van der Waals surface area contributed by atoms with Crippen LogP contribution in [0.5, 0.6) is 0 Å². The summed E-state index contributed by atoms with van der Waals surface area (Å²) in [6.07, 6.45) is 1.41. The number of hydrogen-bond donors (Lipinski definition) is 2. The zero-order chi connectivity index (χ0) is 30.2. The summed E-state index contributed by atoms with van der Waals surface area (Å²) in [4.78, 5) is 45.9. The number of isocyanates is 1. The first-order valence-electron chi connectivity index (χ1n) is 11.1. The lowest BCUT2D eigenvalue weighted by Crippen LogP contribution is -2.49. The van der Waals surface area contributed by atoms with E-state index in [1.807, 2.05) is 13.1 Å². The first kappa shape index (κ1) is 39.8. The SMILES string of the molecule is C=C(C)C(=O)OCCO.C=C(C)C(=O)OCCOC(=O)NC[Si](C)(OC)OC.CO[Si](C)(CN=C=O)OC. The number of nitrogens with one attached hydrogen (secondary N) is 1. The molecule has 14 nitrogen and oxygen atoms in total. The number of hydrogen-bond acceptors (Lipinski definition) is 13. The van der Waals surface area contributed by atoms with E-state index in [0.29, 0.717) is 17.3 Å². The van der Waals surface area contributed by atoms with Gasteiger partial charge in [0.2, 0.25) is 6.08 Å². The van der Waals surface area contributed by atoms with Gasteiger partial charge in [-0.1, -0.05) is 13.2 Å². The van der Waals surface area contributed by atoms with Crippen molar-refractivity contribution in [3.8, 4) is 0 Å². The van der Waals surface area contributed by atoms with E-state index in [1.54, 1.807) is 21.1 Å². The third kappa shape index (κ3) is 22.5. The number of aliphatic imine (C=N–C) groups is 1. The van der Waals surface area contributed by atoms with E-state index in [4.69, 9.17) is 32.3 Å². The summed E-state index contributed by atoms with van der Waals surface area (Å²) >= 11 is 0. The van der Waals surface area contributed by atoms with Gasteiger partial charge in [-0.3, -0.25) is 0 Å². The molecule has 0 aliphatic carbocycles. The van der Waals surface area contributed by atoms with Gasteiger partial charge in [0.15, 0.2) is 0 Å². The molecular formula is C22H42N2O12Si2. The van der Waals surface area contributed by atoms with Crippen molar-refractivity contribution in [3.63, 3.8) is 0 Å². The van der Waals surface area contributed by atoms with Gasteiger partial charge in [0.1, 0.15) is 19.8 Å². The van der Waals surface area contributed by atoms with Crippen molar-refractivity contribution >= 4 is 41.2 Å². The Morgan fingerprint density at radius 1 is 0.816 bits per heavy atom. The van der Waals surface area contributed by atoms with Crippen molar-refractivity contribution in [2.75, 3.05) is 67.2 Å². The van der Waals surface area contributed by atoms with Crippen LogP contribution in [0.25, 0.3) is 0 Å².